The molecule has 3 rings (SSSR count). The van der Waals surface area contributed by atoms with Gasteiger partial charge < -0.3 is 10.6 Å². The molecule has 0 saturated heterocycles. The molecule has 1 heterocycles. The average molecular weight is 367 g/mol. The van der Waals surface area contributed by atoms with E-state index in [1.807, 2.05) is 24.3 Å². The van der Waals surface area contributed by atoms with E-state index in [0.29, 0.717) is 21.9 Å². The fourth-order valence-electron chi connectivity index (χ4n) is 1.79. The number of rotatable bonds is 4. The first-order chi connectivity index (χ1) is 11.1. The van der Waals surface area contributed by atoms with Crippen LogP contribution >= 0.6 is 34.8 Å². The molecule has 23 heavy (non-hydrogen) atoms. The molecule has 0 amide bonds. The maximum atomic E-state index is 5.95. The van der Waals surface area contributed by atoms with E-state index in [9.17, 15) is 0 Å². The first-order valence-electron chi connectivity index (χ1n) is 6.55. The highest BCUT2D eigenvalue weighted by Gasteiger charge is 2.06. The fraction of sp³-hybridized carbons (Fsp3) is 0. The number of nitrogens with zero attached hydrogens (tertiary/aromatic N) is 3. The summed E-state index contributed by atoms with van der Waals surface area (Å²) in [5.74, 6) is 0.646. The van der Waals surface area contributed by atoms with Crippen LogP contribution in [0.3, 0.4) is 0 Å². The Morgan fingerprint density at radius 3 is 1.35 bits per heavy atom. The van der Waals surface area contributed by atoms with Crippen LogP contribution in [0.1, 0.15) is 0 Å². The van der Waals surface area contributed by atoms with Gasteiger partial charge in [-0.2, -0.15) is 15.0 Å². The van der Waals surface area contributed by atoms with Crippen LogP contribution in [0.4, 0.5) is 23.3 Å². The Morgan fingerprint density at radius 2 is 0.957 bits per heavy atom. The summed E-state index contributed by atoms with van der Waals surface area (Å²) in [5, 5.41) is 7.45. The Labute approximate surface area is 147 Å². The molecule has 0 aliphatic rings. The number of benzene rings is 2. The quantitative estimate of drug-likeness (QED) is 0.654. The standard InChI is InChI=1S/C15H10Cl3N5/c16-9-1-5-11(6-2-9)19-14-21-13(18)22-15(23-14)20-12-7-3-10(17)4-8-12/h1-8H,(H2,19,20,21,22,23). The summed E-state index contributed by atoms with van der Waals surface area (Å²) in [6, 6.07) is 14.3. The summed E-state index contributed by atoms with van der Waals surface area (Å²) < 4.78 is 0. The molecule has 5 nitrogen and oxygen atoms in total. The van der Waals surface area contributed by atoms with Crippen molar-refractivity contribution in [1.82, 2.24) is 15.0 Å². The summed E-state index contributed by atoms with van der Waals surface area (Å²) in [7, 11) is 0. The molecule has 0 fully saturated rings. The van der Waals surface area contributed by atoms with Crippen molar-refractivity contribution in [2.24, 2.45) is 0 Å². The van der Waals surface area contributed by atoms with Gasteiger partial charge in [0.2, 0.25) is 17.2 Å². The molecule has 2 aromatic carbocycles. The van der Waals surface area contributed by atoms with Crippen molar-refractivity contribution in [3.05, 3.63) is 63.9 Å². The molecule has 116 valence electrons. The lowest BCUT2D eigenvalue weighted by Gasteiger charge is -2.08. The van der Waals surface area contributed by atoms with E-state index < -0.39 is 0 Å². The van der Waals surface area contributed by atoms with Gasteiger partial charge in [0.25, 0.3) is 0 Å². The molecule has 0 saturated carbocycles. The van der Waals surface area contributed by atoms with E-state index in [0.717, 1.165) is 11.4 Å². The van der Waals surface area contributed by atoms with Gasteiger partial charge >= 0.3 is 0 Å². The van der Waals surface area contributed by atoms with Crippen LogP contribution in [-0.4, -0.2) is 15.0 Å². The first-order valence-corrected chi connectivity index (χ1v) is 7.69. The summed E-state index contributed by atoms with van der Waals surface area (Å²) >= 11 is 17.7. The van der Waals surface area contributed by atoms with Gasteiger partial charge in [0.1, 0.15) is 0 Å². The van der Waals surface area contributed by atoms with Crippen molar-refractivity contribution in [1.29, 1.82) is 0 Å². The lowest BCUT2D eigenvalue weighted by atomic mass is 10.3. The van der Waals surface area contributed by atoms with Gasteiger partial charge in [-0.25, -0.2) is 0 Å². The highest BCUT2D eigenvalue weighted by atomic mass is 35.5. The lowest BCUT2D eigenvalue weighted by Crippen LogP contribution is -2.03. The third-order valence-electron chi connectivity index (χ3n) is 2.81. The topological polar surface area (TPSA) is 62.7 Å². The SMILES string of the molecule is Clc1ccc(Nc2nc(Cl)nc(Nc3ccc(Cl)cc3)n2)cc1. The maximum Gasteiger partial charge on any atom is 0.233 e. The molecule has 8 heteroatoms. The number of aromatic nitrogens is 3. The van der Waals surface area contributed by atoms with Gasteiger partial charge in [-0.15, -0.1) is 0 Å². The highest BCUT2D eigenvalue weighted by Crippen LogP contribution is 2.21. The summed E-state index contributed by atoms with van der Waals surface area (Å²) in [6.45, 7) is 0. The zero-order valence-corrected chi connectivity index (χ0v) is 13.9. The van der Waals surface area contributed by atoms with Crippen LogP contribution in [0.15, 0.2) is 48.5 Å². The second-order valence-electron chi connectivity index (χ2n) is 4.52. The minimum Gasteiger partial charge on any atom is -0.324 e. The number of halogens is 3. The Balaban J connectivity index is 1.81. The minimum atomic E-state index is 0.0768. The second kappa shape index (κ2) is 7.00. The van der Waals surface area contributed by atoms with E-state index in [4.69, 9.17) is 34.8 Å². The van der Waals surface area contributed by atoms with Gasteiger partial charge in [0, 0.05) is 21.4 Å². The Morgan fingerprint density at radius 1 is 0.565 bits per heavy atom. The summed E-state index contributed by atoms with van der Waals surface area (Å²) in [4.78, 5) is 12.4. The molecular weight excluding hydrogens is 357 g/mol. The van der Waals surface area contributed by atoms with Crippen LogP contribution in [-0.2, 0) is 0 Å². The molecule has 0 spiro atoms. The van der Waals surface area contributed by atoms with Crippen molar-refractivity contribution in [3.63, 3.8) is 0 Å². The molecule has 0 bridgehead atoms. The molecule has 1 aromatic heterocycles. The van der Waals surface area contributed by atoms with E-state index in [1.54, 1.807) is 24.3 Å². The predicted octanol–water partition coefficient (Wildman–Crippen LogP) is 5.32. The van der Waals surface area contributed by atoms with Crippen LogP contribution in [0.25, 0.3) is 0 Å². The highest BCUT2D eigenvalue weighted by molar-refractivity contribution is 6.31. The predicted molar refractivity (Wildman–Crippen MR) is 94.3 cm³/mol. The van der Waals surface area contributed by atoms with Gasteiger partial charge in [-0.05, 0) is 60.1 Å². The largest absolute Gasteiger partial charge is 0.324 e. The molecular formula is C15H10Cl3N5. The van der Waals surface area contributed by atoms with Crippen molar-refractivity contribution in [2.75, 3.05) is 10.6 Å². The number of anilines is 4. The van der Waals surface area contributed by atoms with Crippen LogP contribution in [0.5, 0.6) is 0 Å². The number of hydrogen-bond donors (Lipinski definition) is 2. The fourth-order valence-corrected chi connectivity index (χ4v) is 2.20. The van der Waals surface area contributed by atoms with E-state index in [1.165, 1.54) is 0 Å². The van der Waals surface area contributed by atoms with Crippen molar-refractivity contribution >= 4 is 58.1 Å². The number of nitrogens with one attached hydrogen (secondary N) is 2. The van der Waals surface area contributed by atoms with Crippen LogP contribution in [0, 0.1) is 0 Å². The molecule has 3 aromatic rings. The third-order valence-corrected chi connectivity index (χ3v) is 3.48. The van der Waals surface area contributed by atoms with Gasteiger partial charge in [0.05, 0.1) is 0 Å². The molecule has 0 aliphatic carbocycles. The first kappa shape index (κ1) is 15.8. The van der Waals surface area contributed by atoms with E-state index in [-0.39, 0.29) is 5.28 Å². The molecule has 0 unspecified atom stereocenters. The molecule has 0 aliphatic heterocycles. The van der Waals surface area contributed by atoms with Crippen LogP contribution in [0.2, 0.25) is 15.3 Å². The minimum absolute atomic E-state index is 0.0768. The summed E-state index contributed by atoms with van der Waals surface area (Å²) in [6.07, 6.45) is 0. The van der Waals surface area contributed by atoms with E-state index in [2.05, 4.69) is 25.6 Å². The van der Waals surface area contributed by atoms with Gasteiger partial charge in [0.15, 0.2) is 0 Å². The normalized spacial score (nSPS) is 10.4. The van der Waals surface area contributed by atoms with Crippen molar-refractivity contribution in [2.45, 2.75) is 0 Å². The van der Waals surface area contributed by atoms with Gasteiger partial charge in [-0.3, -0.25) is 0 Å². The van der Waals surface area contributed by atoms with Crippen molar-refractivity contribution in [3.8, 4) is 0 Å². The molecule has 2 N–H and O–H groups in total. The zero-order chi connectivity index (χ0) is 16.2. The Hall–Kier alpha value is -2.08. The molecule has 0 atom stereocenters. The third kappa shape index (κ3) is 4.45. The summed E-state index contributed by atoms with van der Waals surface area (Å²) in [5.41, 5.74) is 1.57. The molecule has 0 radical (unpaired) electrons. The maximum absolute atomic E-state index is 5.95. The lowest BCUT2D eigenvalue weighted by molar-refractivity contribution is 1.06. The van der Waals surface area contributed by atoms with E-state index >= 15 is 0 Å². The zero-order valence-electron chi connectivity index (χ0n) is 11.6. The average Bonchev–Trinajstić information content (AvgIpc) is 2.51. The monoisotopic (exact) mass is 365 g/mol. The van der Waals surface area contributed by atoms with Gasteiger partial charge in [-0.1, -0.05) is 23.2 Å². The smallest absolute Gasteiger partial charge is 0.233 e. The number of hydrogen-bond acceptors (Lipinski definition) is 5. The van der Waals surface area contributed by atoms with Crippen LogP contribution < -0.4 is 10.6 Å². The second-order valence-corrected chi connectivity index (χ2v) is 5.73. The Bertz CT molecular complexity index is 741. The Kier molecular flexibility index (Phi) is 4.81. The van der Waals surface area contributed by atoms with Crippen molar-refractivity contribution < 1.29 is 0 Å².